The summed E-state index contributed by atoms with van der Waals surface area (Å²) in [6, 6.07) is 11.6. The standard InChI is InChI=1S/C16H19N3O/c1-12(13-7-6-10-17-11-13)18-15-9-5-4-8-14(15)16(20)19(2)3/h4-12,18H,1-3H3. The number of nitrogens with zero attached hydrogens (tertiary/aromatic N) is 2. The Kier molecular flexibility index (Phi) is 4.35. The molecule has 0 aliphatic rings. The maximum absolute atomic E-state index is 12.2. The highest BCUT2D eigenvalue weighted by Gasteiger charge is 2.14. The van der Waals surface area contributed by atoms with Crippen LogP contribution in [0.3, 0.4) is 0 Å². The van der Waals surface area contributed by atoms with Gasteiger partial charge in [-0.15, -0.1) is 0 Å². The molecule has 2 rings (SSSR count). The van der Waals surface area contributed by atoms with Crippen LogP contribution in [0.5, 0.6) is 0 Å². The Morgan fingerprint density at radius 3 is 2.60 bits per heavy atom. The minimum Gasteiger partial charge on any atom is -0.378 e. The molecule has 4 heteroatoms. The van der Waals surface area contributed by atoms with Crippen LogP contribution in [0.25, 0.3) is 0 Å². The molecule has 0 aliphatic heterocycles. The second-order valence-corrected chi connectivity index (χ2v) is 4.90. The average molecular weight is 269 g/mol. The fraction of sp³-hybridized carbons (Fsp3) is 0.250. The Bertz CT molecular complexity index is 581. The highest BCUT2D eigenvalue weighted by atomic mass is 16.2. The molecule has 0 saturated heterocycles. The Morgan fingerprint density at radius 1 is 1.20 bits per heavy atom. The predicted molar refractivity (Wildman–Crippen MR) is 80.7 cm³/mol. The van der Waals surface area contributed by atoms with E-state index in [4.69, 9.17) is 0 Å². The molecule has 1 amide bonds. The zero-order valence-electron chi connectivity index (χ0n) is 12.0. The second-order valence-electron chi connectivity index (χ2n) is 4.90. The number of rotatable bonds is 4. The van der Waals surface area contributed by atoms with Crippen LogP contribution in [0.15, 0.2) is 48.8 Å². The van der Waals surface area contributed by atoms with Crippen LogP contribution in [-0.4, -0.2) is 29.9 Å². The fourth-order valence-electron chi connectivity index (χ4n) is 1.99. The molecule has 1 aromatic heterocycles. The molecule has 1 aromatic carbocycles. The van der Waals surface area contributed by atoms with Crippen molar-refractivity contribution >= 4 is 11.6 Å². The minimum absolute atomic E-state index is 0.00788. The summed E-state index contributed by atoms with van der Waals surface area (Å²) >= 11 is 0. The summed E-state index contributed by atoms with van der Waals surface area (Å²) in [5, 5.41) is 3.38. The summed E-state index contributed by atoms with van der Waals surface area (Å²) in [5.41, 5.74) is 2.59. The summed E-state index contributed by atoms with van der Waals surface area (Å²) in [5.74, 6) is -0.00788. The number of nitrogens with one attached hydrogen (secondary N) is 1. The first-order valence-electron chi connectivity index (χ1n) is 6.56. The van der Waals surface area contributed by atoms with Crippen LogP contribution in [0.2, 0.25) is 0 Å². The monoisotopic (exact) mass is 269 g/mol. The number of para-hydroxylation sites is 1. The molecule has 4 nitrogen and oxygen atoms in total. The Hall–Kier alpha value is -2.36. The molecule has 0 spiro atoms. The first-order valence-corrected chi connectivity index (χ1v) is 6.56. The van der Waals surface area contributed by atoms with Crippen molar-refractivity contribution in [1.82, 2.24) is 9.88 Å². The number of carbonyl (C=O) groups excluding carboxylic acids is 1. The lowest BCUT2D eigenvalue weighted by atomic mass is 10.1. The van der Waals surface area contributed by atoms with Gasteiger partial charge in [0.25, 0.3) is 5.91 Å². The maximum atomic E-state index is 12.2. The van der Waals surface area contributed by atoms with Crippen LogP contribution < -0.4 is 5.32 Å². The van der Waals surface area contributed by atoms with Gasteiger partial charge < -0.3 is 10.2 Å². The van der Waals surface area contributed by atoms with Crippen LogP contribution in [0, 0.1) is 0 Å². The summed E-state index contributed by atoms with van der Waals surface area (Å²) in [7, 11) is 3.51. The zero-order chi connectivity index (χ0) is 14.5. The van der Waals surface area contributed by atoms with Crippen LogP contribution >= 0.6 is 0 Å². The molecule has 1 N–H and O–H groups in total. The molecule has 1 unspecified atom stereocenters. The first kappa shape index (κ1) is 14.1. The smallest absolute Gasteiger partial charge is 0.255 e. The van der Waals surface area contributed by atoms with E-state index in [0.717, 1.165) is 11.3 Å². The number of anilines is 1. The topological polar surface area (TPSA) is 45.2 Å². The van der Waals surface area contributed by atoms with Gasteiger partial charge in [0.15, 0.2) is 0 Å². The van der Waals surface area contributed by atoms with Crippen molar-refractivity contribution in [1.29, 1.82) is 0 Å². The summed E-state index contributed by atoms with van der Waals surface area (Å²) in [6.07, 6.45) is 3.58. The SMILES string of the molecule is CC(Nc1ccccc1C(=O)N(C)C)c1cccnc1. The van der Waals surface area contributed by atoms with Crippen molar-refractivity contribution in [3.05, 3.63) is 59.9 Å². The third-order valence-corrected chi connectivity index (χ3v) is 3.12. The lowest BCUT2D eigenvalue weighted by Gasteiger charge is -2.19. The molecule has 1 atom stereocenters. The van der Waals surface area contributed by atoms with Crippen molar-refractivity contribution < 1.29 is 4.79 Å². The highest BCUT2D eigenvalue weighted by Crippen LogP contribution is 2.22. The lowest BCUT2D eigenvalue weighted by Crippen LogP contribution is -2.23. The van der Waals surface area contributed by atoms with Crippen LogP contribution in [-0.2, 0) is 0 Å². The summed E-state index contributed by atoms with van der Waals surface area (Å²) in [4.78, 5) is 17.9. The number of pyridine rings is 1. The van der Waals surface area contributed by atoms with Crippen molar-refractivity contribution in [3.8, 4) is 0 Å². The number of amides is 1. The van der Waals surface area contributed by atoms with E-state index in [0.29, 0.717) is 5.56 Å². The van der Waals surface area contributed by atoms with Gasteiger partial charge in [0, 0.05) is 32.2 Å². The Morgan fingerprint density at radius 2 is 1.95 bits per heavy atom. The van der Waals surface area contributed by atoms with E-state index in [-0.39, 0.29) is 11.9 Å². The molecule has 0 aliphatic carbocycles. The molecule has 20 heavy (non-hydrogen) atoms. The number of hydrogen-bond donors (Lipinski definition) is 1. The van der Waals surface area contributed by atoms with Gasteiger partial charge in [-0.2, -0.15) is 0 Å². The molecular weight excluding hydrogens is 250 g/mol. The van der Waals surface area contributed by atoms with Gasteiger partial charge in [0.2, 0.25) is 0 Å². The van der Waals surface area contributed by atoms with E-state index in [1.165, 1.54) is 0 Å². The largest absolute Gasteiger partial charge is 0.378 e. The number of benzene rings is 1. The van der Waals surface area contributed by atoms with Gasteiger partial charge in [0.05, 0.1) is 11.6 Å². The van der Waals surface area contributed by atoms with Crippen molar-refractivity contribution in [2.75, 3.05) is 19.4 Å². The second kappa shape index (κ2) is 6.19. The van der Waals surface area contributed by atoms with Crippen molar-refractivity contribution in [2.45, 2.75) is 13.0 Å². The Labute approximate surface area is 119 Å². The van der Waals surface area contributed by atoms with Crippen LogP contribution in [0.1, 0.15) is 28.9 Å². The highest BCUT2D eigenvalue weighted by molar-refractivity contribution is 5.99. The third-order valence-electron chi connectivity index (χ3n) is 3.12. The van der Waals surface area contributed by atoms with E-state index in [1.807, 2.05) is 49.5 Å². The summed E-state index contributed by atoms with van der Waals surface area (Å²) in [6.45, 7) is 2.05. The molecular formula is C16H19N3O. The van der Waals surface area contributed by atoms with E-state index in [1.54, 1.807) is 25.2 Å². The zero-order valence-corrected chi connectivity index (χ0v) is 12.0. The number of carbonyl (C=O) groups is 1. The molecule has 1 heterocycles. The number of aromatic nitrogens is 1. The van der Waals surface area contributed by atoms with Gasteiger partial charge in [0.1, 0.15) is 0 Å². The van der Waals surface area contributed by atoms with E-state index >= 15 is 0 Å². The maximum Gasteiger partial charge on any atom is 0.255 e. The van der Waals surface area contributed by atoms with Gasteiger partial charge in [-0.05, 0) is 30.7 Å². The normalized spacial score (nSPS) is 11.8. The minimum atomic E-state index is -0.00788. The Balaban J connectivity index is 2.24. The number of hydrogen-bond acceptors (Lipinski definition) is 3. The quantitative estimate of drug-likeness (QED) is 0.928. The van der Waals surface area contributed by atoms with Crippen LogP contribution in [0.4, 0.5) is 5.69 Å². The lowest BCUT2D eigenvalue weighted by molar-refractivity contribution is 0.0828. The molecule has 0 saturated carbocycles. The molecule has 0 fully saturated rings. The fourth-order valence-corrected chi connectivity index (χ4v) is 1.99. The van der Waals surface area contributed by atoms with E-state index in [2.05, 4.69) is 10.3 Å². The van der Waals surface area contributed by atoms with E-state index < -0.39 is 0 Å². The molecule has 104 valence electrons. The third kappa shape index (κ3) is 3.15. The molecule has 0 bridgehead atoms. The first-order chi connectivity index (χ1) is 9.59. The predicted octanol–water partition coefficient (Wildman–Crippen LogP) is 2.96. The van der Waals surface area contributed by atoms with Gasteiger partial charge in [-0.25, -0.2) is 0 Å². The van der Waals surface area contributed by atoms with Gasteiger partial charge >= 0.3 is 0 Å². The van der Waals surface area contributed by atoms with Gasteiger partial charge in [-0.3, -0.25) is 9.78 Å². The van der Waals surface area contributed by atoms with E-state index in [9.17, 15) is 4.79 Å². The van der Waals surface area contributed by atoms with Crippen molar-refractivity contribution in [2.24, 2.45) is 0 Å². The average Bonchev–Trinajstić information content (AvgIpc) is 2.48. The van der Waals surface area contributed by atoms with Crippen molar-refractivity contribution in [3.63, 3.8) is 0 Å². The molecule has 0 radical (unpaired) electrons. The summed E-state index contributed by atoms with van der Waals surface area (Å²) < 4.78 is 0. The molecule has 2 aromatic rings. The van der Waals surface area contributed by atoms with Gasteiger partial charge in [-0.1, -0.05) is 18.2 Å².